The molecule has 1 amide bonds. The van der Waals surface area contributed by atoms with Gasteiger partial charge in [0, 0.05) is 35.6 Å². The normalized spacial score (nSPS) is 27.5. The fourth-order valence-electron chi connectivity index (χ4n) is 8.59. The number of carboxylic acids is 1. The van der Waals surface area contributed by atoms with Crippen molar-refractivity contribution in [3.63, 3.8) is 0 Å². The molecule has 3 unspecified atom stereocenters. The molecule has 8 atom stereocenters. The molecule has 1 saturated heterocycles. The minimum atomic E-state index is -1.25. The Bertz CT molecular complexity index is 2030. The van der Waals surface area contributed by atoms with Gasteiger partial charge in [0.2, 0.25) is 5.91 Å². The zero-order valence-electron chi connectivity index (χ0n) is 32.3. The number of carbonyl (C=O) groups excluding carboxylic acids is 3. The Morgan fingerprint density at radius 3 is 2.40 bits per heavy atom. The molecule has 13 heteroatoms. The molecule has 0 radical (unpaired) electrons. The van der Waals surface area contributed by atoms with Crippen LogP contribution in [0.5, 0.6) is 11.5 Å². The summed E-state index contributed by atoms with van der Waals surface area (Å²) in [5.74, 6) is -0.946. The number of thiazole rings is 1. The molecule has 2 aromatic heterocycles. The molecule has 3 saturated carbocycles. The lowest BCUT2D eigenvalue weighted by Gasteiger charge is -2.35. The number of aliphatic carboxylic acids is 1. The number of halogens is 1. The molecule has 1 N–H and O–H groups in total. The first-order chi connectivity index (χ1) is 26.0. The van der Waals surface area contributed by atoms with E-state index in [0.717, 1.165) is 17.8 Å². The molecule has 4 aliphatic rings. The molecule has 55 heavy (non-hydrogen) atoms. The number of pyridine rings is 1. The summed E-state index contributed by atoms with van der Waals surface area (Å²) in [6.45, 7) is 13.7. The number of ketones is 1. The van der Waals surface area contributed by atoms with Crippen molar-refractivity contribution >= 4 is 57.5 Å². The molecule has 1 aromatic carbocycles. The number of carbonyl (C=O) groups is 4. The Morgan fingerprint density at radius 2 is 1.80 bits per heavy atom. The highest BCUT2D eigenvalue weighted by Crippen LogP contribution is 2.57. The van der Waals surface area contributed by atoms with E-state index in [1.807, 2.05) is 26.2 Å². The summed E-state index contributed by atoms with van der Waals surface area (Å²) in [7, 11) is 1.53. The Labute approximate surface area is 330 Å². The standard InChI is InChI=1S/C42H50ClN3O8S/c1-8-24-17-42(24,40(50)51)18-32(47)31-14-26(19-46(31)39(49)28(41(4,5)6)15-35(48)54-25-12-22-11-23(22)13-25)53-34-16-29(30-20-55-38(45-30)21(2)3)44-37-27(34)9-10-33(52-7)36(37)43/h8-10,16,20-26,28,31H,1,11-15,17-19H2,2-7H3,(H,50,51)/t22-,23+,24?,25?,26?,28-,31+,42-/m1/s1. The van der Waals surface area contributed by atoms with E-state index < -0.39 is 40.8 Å². The van der Waals surface area contributed by atoms with Crippen LogP contribution in [0.15, 0.2) is 36.2 Å². The predicted octanol–water partition coefficient (Wildman–Crippen LogP) is 8.12. The molecular weight excluding hydrogens is 742 g/mol. The Kier molecular flexibility index (Phi) is 10.6. The first-order valence-corrected chi connectivity index (χ1v) is 20.5. The van der Waals surface area contributed by atoms with Crippen LogP contribution >= 0.6 is 22.9 Å². The first kappa shape index (κ1) is 39.2. The zero-order chi connectivity index (χ0) is 39.6. The Hall–Kier alpha value is -4.03. The highest BCUT2D eigenvalue weighted by molar-refractivity contribution is 7.10. The van der Waals surface area contributed by atoms with Gasteiger partial charge in [0.15, 0.2) is 5.78 Å². The lowest BCUT2D eigenvalue weighted by Crippen LogP contribution is -2.48. The second-order valence-electron chi connectivity index (χ2n) is 17.3. The largest absolute Gasteiger partial charge is 0.495 e. The molecule has 0 spiro atoms. The number of likely N-dealkylation sites (tertiary alicyclic amines) is 1. The van der Waals surface area contributed by atoms with Crippen LogP contribution in [0.25, 0.3) is 22.3 Å². The van der Waals surface area contributed by atoms with Crippen molar-refractivity contribution in [3.8, 4) is 22.9 Å². The average molecular weight is 792 g/mol. The fraction of sp³-hybridized carbons (Fsp3) is 0.571. The molecular formula is C42H50ClN3O8S. The third kappa shape index (κ3) is 7.73. The van der Waals surface area contributed by atoms with E-state index in [1.54, 1.807) is 24.3 Å². The van der Waals surface area contributed by atoms with E-state index in [-0.39, 0.29) is 55.4 Å². The number of fused-ring (bicyclic) bond motifs is 2. The SMILES string of the molecule is C=CC1C[C@]1(CC(=O)[C@@H]1CC(Oc2cc(-c3csc(C(C)C)n3)nc3c(Cl)c(OC)ccc23)CN1C(=O)[C@@H](CC(=O)OC1C[C@@H]2C[C@@H]2C1)C(C)(C)C)C(=O)O. The van der Waals surface area contributed by atoms with E-state index in [1.165, 1.54) is 29.8 Å². The summed E-state index contributed by atoms with van der Waals surface area (Å²) < 4.78 is 18.1. The van der Waals surface area contributed by atoms with Crippen LogP contribution in [0.2, 0.25) is 5.02 Å². The molecule has 294 valence electrons. The molecule has 0 bridgehead atoms. The summed E-state index contributed by atoms with van der Waals surface area (Å²) >= 11 is 8.36. The van der Waals surface area contributed by atoms with Gasteiger partial charge in [-0.05, 0) is 61.0 Å². The number of rotatable bonds is 14. The van der Waals surface area contributed by atoms with Gasteiger partial charge in [0.05, 0.1) is 53.7 Å². The second kappa shape index (κ2) is 14.8. The number of Topliss-reactive ketones (excluding diaryl/α,β-unsaturated/α-hetero) is 1. The lowest BCUT2D eigenvalue weighted by atomic mass is 9.77. The van der Waals surface area contributed by atoms with Gasteiger partial charge in [-0.2, -0.15) is 0 Å². The first-order valence-electron chi connectivity index (χ1n) is 19.2. The Morgan fingerprint density at radius 1 is 1.07 bits per heavy atom. The number of hydrogen-bond donors (Lipinski definition) is 1. The van der Waals surface area contributed by atoms with E-state index in [9.17, 15) is 24.3 Å². The molecule has 7 rings (SSSR count). The van der Waals surface area contributed by atoms with Gasteiger partial charge in [-0.25, -0.2) is 9.97 Å². The highest BCUT2D eigenvalue weighted by atomic mass is 35.5. The van der Waals surface area contributed by atoms with Crippen LogP contribution < -0.4 is 9.47 Å². The van der Waals surface area contributed by atoms with E-state index >= 15 is 0 Å². The number of methoxy groups -OCH3 is 1. The second-order valence-corrected chi connectivity index (χ2v) is 18.6. The van der Waals surface area contributed by atoms with E-state index in [4.69, 9.17) is 35.8 Å². The average Bonchev–Trinajstić information content (AvgIpc) is 3.77. The van der Waals surface area contributed by atoms with Crippen LogP contribution in [-0.4, -0.2) is 75.5 Å². The molecule has 3 aliphatic carbocycles. The molecule has 4 fully saturated rings. The van der Waals surface area contributed by atoms with Gasteiger partial charge in [-0.3, -0.25) is 19.2 Å². The van der Waals surface area contributed by atoms with Crippen LogP contribution in [0.4, 0.5) is 0 Å². The topological polar surface area (TPSA) is 145 Å². The van der Waals surface area contributed by atoms with Crippen LogP contribution in [0, 0.1) is 34.5 Å². The Balaban J connectivity index is 1.21. The quantitative estimate of drug-likeness (QED) is 0.126. The van der Waals surface area contributed by atoms with Crippen molar-refractivity contribution in [2.75, 3.05) is 13.7 Å². The van der Waals surface area contributed by atoms with Crippen molar-refractivity contribution in [1.82, 2.24) is 14.9 Å². The number of amides is 1. The highest BCUT2D eigenvalue weighted by Gasteiger charge is 2.61. The number of aromatic nitrogens is 2. The van der Waals surface area contributed by atoms with Gasteiger partial charge in [-0.1, -0.05) is 52.3 Å². The van der Waals surface area contributed by atoms with Gasteiger partial charge < -0.3 is 24.2 Å². The molecule has 11 nitrogen and oxygen atoms in total. The smallest absolute Gasteiger partial charge is 0.310 e. The van der Waals surface area contributed by atoms with Gasteiger partial charge >= 0.3 is 11.9 Å². The summed E-state index contributed by atoms with van der Waals surface area (Å²) in [6, 6.07) is 4.37. The number of benzene rings is 1. The number of esters is 1. The van der Waals surface area contributed by atoms with Crippen LogP contribution in [0.1, 0.15) is 90.5 Å². The van der Waals surface area contributed by atoms with Crippen molar-refractivity contribution in [2.45, 2.75) is 104 Å². The minimum absolute atomic E-state index is 0.0467. The lowest BCUT2D eigenvalue weighted by molar-refractivity contribution is -0.157. The maximum Gasteiger partial charge on any atom is 0.310 e. The fourth-order valence-corrected chi connectivity index (χ4v) is 9.71. The number of allylic oxidation sites excluding steroid dienone is 1. The number of ether oxygens (including phenoxy) is 3. The van der Waals surface area contributed by atoms with Crippen LogP contribution in [0.3, 0.4) is 0 Å². The van der Waals surface area contributed by atoms with Gasteiger partial charge in [-0.15, -0.1) is 17.9 Å². The van der Waals surface area contributed by atoms with Crippen molar-refractivity contribution < 1.29 is 38.5 Å². The monoisotopic (exact) mass is 791 g/mol. The van der Waals surface area contributed by atoms with Gasteiger partial charge in [0.25, 0.3) is 0 Å². The third-order valence-corrected chi connectivity index (χ3v) is 13.6. The summed E-state index contributed by atoms with van der Waals surface area (Å²) in [5.41, 5.74) is -0.259. The third-order valence-electron chi connectivity index (χ3n) is 12.1. The van der Waals surface area contributed by atoms with Crippen molar-refractivity contribution in [3.05, 3.63) is 46.3 Å². The van der Waals surface area contributed by atoms with Crippen molar-refractivity contribution in [2.24, 2.45) is 34.5 Å². The van der Waals surface area contributed by atoms with Gasteiger partial charge in [0.1, 0.15) is 34.4 Å². The molecule has 1 aliphatic heterocycles. The van der Waals surface area contributed by atoms with Crippen molar-refractivity contribution in [1.29, 1.82) is 0 Å². The summed E-state index contributed by atoms with van der Waals surface area (Å²) in [6.07, 6.45) is 3.80. The summed E-state index contributed by atoms with van der Waals surface area (Å²) in [5, 5.41) is 14.0. The zero-order valence-corrected chi connectivity index (χ0v) is 33.9. The number of hydrogen-bond acceptors (Lipinski definition) is 10. The molecule has 3 aromatic rings. The minimum Gasteiger partial charge on any atom is -0.495 e. The maximum absolute atomic E-state index is 14.7. The van der Waals surface area contributed by atoms with Crippen LogP contribution in [-0.2, 0) is 23.9 Å². The number of nitrogens with zero attached hydrogens (tertiary/aromatic N) is 3. The maximum atomic E-state index is 14.7. The predicted molar refractivity (Wildman–Crippen MR) is 209 cm³/mol. The summed E-state index contributed by atoms with van der Waals surface area (Å²) in [4.78, 5) is 66.0. The molecule has 3 heterocycles. The van der Waals surface area contributed by atoms with E-state index in [0.29, 0.717) is 57.1 Å². The van der Waals surface area contributed by atoms with E-state index in [2.05, 4.69) is 20.4 Å². The number of carboxylic acid groups (broad SMARTS) is 1.